The maximum atomic E-state index is 12.0. The SMILES string of the molecule is CC1=NN(c2ccc(C(=O)O[C@@H]3CCS(=O)(=O)C3)cc2)CC1. The van der Waals surface area contributed by atoms with Crippen molar-refractivity contribution in [3.8, 4) is 0 Å². The summed E-state index contributed by atoms with van der Waals surface area (Å²) in [5.74, 6) is -0.454. The second kappa shape index (κ2) is 5.72. The van der Waals surface area contributed by atoms with E-state index in [1.165, 1.54) is 0 Å². The molecule has 1 saturated heterocycles. The Morgan fingerprint density at radius 3 is 2.59 bits per heavy atom. The topological polar surface area (TPSA) is 76.0 Å². The van der Waals surface area contributed by atoms with Gasteiger partial charge in [0.2, 0.25) is 0 Å². The third-order valence-corrected chi connectivity index (χ3v) is 5.58. The molecule has 0 aliphatic carbocycles. The Hall–Kier alpha value is -1.89. The first-order valence-electron chi connectivity index (χ1n) is 7.26. The number of nitrogens with zero attached hydrogens (tertiary/aromatic N) is 2. The molecule has 7 heteroatoms. The molecule has 0 unspecified atom stereocenters. The fourth-order valence-electron chi connectivity index (χ4n) is 2.60. The Balaban J connectivity index is 1.64. The van der Waals surface area contributed by atoms with Gasteiger partial charge in [-0.2, -0.15) is 5.10 Å². The van der Waals surface area contributed by atoms with E-state index in [2.05, 4.69) is 5.10 Å². The lowest BCUT2D eigenvalue weighted by molar-refractivity contribution is 0.0356. The van der Waals surface area contributed by atoms with Crippen LogP contribution in [-0.4, -0.2) is 44.3 Å². The second-order valence-electron chi connectivity index (χ2n) is 5.69. The molecule has 1 fully saturated rings. The number of carbonyl (C=O) groups excluding carboxylic acids is 1. The molecular weight excluding hydrogens is 304 g/mol. The Morgan fingerprint density at radius 2 is 2.05 bits per heavy atom. The number of sulfone groups is 1. The van der Waals surface area contributed by atoms with Crippen molar-refractivity contribution in [1.29, 1.82) is 0 Å². The molecule has 0 spiro atoms. The van der Waals surface area contributed by atoms with E-state index in [0.717, 1.165) is 24.4 Å². The van der Waals surface area contributed by atoms with Gasteiger partial charge in [0.1, 0.15) is 6.10 Å². The van der Waals surface area contributed by atoms with Gasteiger partial charge in [-0.05, 0) is 37.6 Å². The van der Waals surface area contributed by atoms with E-state index in [-0.39, 0.29) is 11.5 Å². The van der Waals surface area contributed by atoms with Crippen LogP contribution in [0.15, 0.2) is 29.4 Å². The molecule has 0 saturated carbocycles. The third kappa shape index (κ3) is 3.30. The largest absolute Gasteiger partial charge is 0.458 e. The van der Waals surface area contributed by atoms with Crippen LogP contribution in [0.4, 0.5) is 5.69 Å². The monoisotopic (exact) mass is 322 g/mol. The quantitative estimate of drug-likeness (QED) is 0.790. The Bertz CT molecular complexity index is 710. The first-order valence-corrected chi connectivity index (χ1v) is 9.08. The number of hydrogen-bond acceptors (Lipinski definition) is 6. The number of hydrazone groups is 1. The maximum Gasteiger partial charge on any atom is 0.338 e. The number of rotatable bonds is 3. The molecule has 6 nitrogen and oxygen atoms in total. The maximum absolute atomic E-state index is 12.0. The van der Waals surface area contributed by atoms with Gasteiger partial charge in [-0.25, -0.2) is 13.2 Å². The Kier molecular flexibility index (Phi) is 3.90. The van der Waals surface area contributed by atoms with Gasteiger partial charge in [-0.3, -0.25) is 5.01 Å². The zero-order chi connectivity index (χ0) is 15.7. The molecule has 1 atom stereocenters. The summed E-state index contributed by atoms with van der Waals surface area (Å²) in [6.07, 6.45) is 0.802. The molecule has 0 N–H and O–H groups in total. The fraction of sp³-hybridized carbons (Fsp3) is 0.467. The van der Waals surface area contributed by atoms with Gasteiger partial charge in [0.15, 0.2) is 9.84 Å². The molecule has 0 aromatic heterocycles. The first kappa shape index (κ1) is 15.0. The smallest absolute Gasteiger partial charge is 0.338 e. The molecule has 2 aliphatic rings. The highest BCUT2D eigenvalue weighted by Crippen LogP contribution is 2.21. The lowest BCUT2D eigenvalue weighted by Gasteiger charge is -2.14. The molecule has 2 heterocycles. The van der Waals surface area contributed by atoms with Crippen molar-refractivity contribution in [3.05, 3.63) is 29.8 Å². The van der Waals surface area contributed by atoms with Crippen LogP contribution >= 0.6 is 0 Å². The zero-order valence-electron chi connectivity index (χ0n) is 12.4. The van der Waals surface area contributed by atoms with E-state index in [4.69, 9.17) is 4.74 Å². The third-order valence-electron chi connectivity index (χ3n) is 3.84. The van der Waals surface area contributed by atoms with E-state index in [0.29, 0.717) is 12.0 Å². The van der Waals surface area contributed by atoms with Gasteiger partial charge < -0.3 is 4.74 Å². The van der Waals surface area contributed by atoms with Crippen molar-refractivity contribution in [1.82, 2.24) is 0 Å². The number of ether oxygens (including phenoxy) is 1. The number of anilines is 1. The molecular formula is C15H18N2O4S. The number of hydrogen-bond donors (Lipinski definition) is 0. The molecule has 0 amide bonds. The van der Waals surface area contributed by atoms with Crippen LogP contribution in [0.1, 0.15) is 30.1 Å². The molecule has 22 heavy (non-hydrogen) atoms. The van der Waals surface area contributed by atoms with Crippen LogP contribution < -0.4 is 5.01 Å². The van der Waals surface area contributed by atoms with Crippen LogP contribution in [-0.2, 0) is 14.6 Å². The highest BCUT2D eigenvalue weighted by molar-refractivity contribution is 7.91. The van der Waals surface area contributed by atoms with Crippen molar-refractivity contribution in [2.45, 2.75) is 25.9 Å². The number of benzene rings is 1. The summed E-state index contributed by atoms with van der Waals surface area (Å²) in [4.78, 5) is 12.0. The summed E-state index contributed by atoms with van der Waals surface area (Å²) in [6, 6.07) is 7.02. The Labute approximate surface area is 129 Å². The highest BCUT2D eigenvalue weighted by Gasteiger charge is 2.31. The lowest BCUT2D eigenvalue weighted by Crippen LogP contribution is -2.19. The summed E-state index contributed by atoms with van der Waals surface area (Å²) in [5, 5.41) is 6.30. The molecule has 1 aromatic rings. The van der Waals surface area contributed by atoms with Gasteiger partial charge in [0, 0.05) is 18.7 Å². The average Bonchev–Trinajstić information content (AvgIpc) is 3.05. The van der Waals surface area contributed by atoms with Gasteiger partial charge in [-0.15, -0.1) is 0 Å². The van der Waals surface area contributed by atoms with Gasteiger partial charge in [0.05, 0.1) is 22.8 Å². The van der Waals surface area contributed by atoms with Crippen LogP contribution in [0.25, 0.3) is 0 Å². The predicted molar refractivity (Wildman–Crippen MR) is 84.0 cm³/mol. The van der Waals surface area contributed by atoms with Crippen LogP contribution in [0.3, 0.4) is 0 Å². The predicted octanol–water partition coefficient (Wildman–Crippen LogP) is 1.62. The van der Waals surface area contributed by atoms with E-state index >= 15 is 0 Å². The van der Waals surface area contributed by atoms with Crippen molar-refractivity contribution >= 4 is 27.2 Å². The van der Waals surface area contributed by atoms with E-state index in [9.17, 15) is 13.2 Å². The standard InChI is InChI=1S/C15H18N2O4S/c1-11-6-8-17(16-11)13-4-2-12(3-5-13)15(18)21-14-7-9-22(19,20)10-14/h2-5,14H,6-10H2,1H3/t14-/m1/s1. The molecule has 0 bridgehead atoms. The van der Waals surface area contributed by atoms with Crippen LogP contribution in [0.5, 0.6) is 0 Å². The van der Waals surface area contributed by atoms with Gasteiger partial charge in [-0.1, -0.05) is 0 Å². The van der Waals surface area contributed by atoms with E-state index in [1.807, 2.05) is 24.1 Å². The van der Waals surface area contributed by atoms with E-state index in [1.54, 1.807) is 12.1 Å². The minimum atomic E-state index is -3.04. The van der Waals surface area contributed by atoms with Crippen LogP contribution in [0, 0.1) is 0 Å². The zero-order valence-corrected chi connectivity index (χ0v) is 13.2. The minimum Gasteiger partial charge on any atom is -0.458 e. The molecule has 0 radical (unpaired) electrons. The summed E-state index contributed by atoms with van der Waals surface area (Å²) < 4.78 is 28.0. The molecule has 118 valence electrons. The summed E-state index contributed by atoms with van der Waals surface area (Å²) >= 11 is 0. The number of esters is 1. The molecule has 3 rings (SSSR count). The molecule has 1 aromatic carbocycles. The summed E-state index contributed by atoms with van der Waals surface area (Å²) in [5.41, 5.74) is 2.44. The van der Waals surface area contributed by atoms with Gasteiger partial charge >= 0.3 is 5.97 Å². The van der Waals surface area contributed by atoms with Crippen molar-refractivity contribution in [2.24, 2.45) is 5.10 Å². The summed E-state index contributed by atoms with van der Waals surface area (Å²) in [7, 11) is -3.04. The fourth-order valence-corrected chi connectivity index (χ4v) is 4.19. The second-order valence-corrected chi connectivity index (χ2v) is 7.91. The number of carbonyl (C=O) groups is 1. The highest BCUT2D eigenvalue weighted by atomic mass is 32.2. The lowest BCUT2D eigenvalue weighted by atomic mass is 10.2. The van der Waals surface area contributed by atoms with Crippen LogP contribution in [0.2, 0.25) is 0 Å². The van der Waals surface area contributed by atoms with Gasteiger partial charge in [0.25, 0.3) is 0 Å². The Morgan fingerprint density at radius 1 is 1.32 bits per heavy atom. The minimum absolute atomic E-state index is 0.0708. The summed E-state index contributed by atoms with van der Waals surface area (Å²) in [6.45, 7) is 2.83. The first-order chi connectivity index (χ1) is 10.4. The molecule has 2 aliphatic heterocycles. The van der Waals surface area contributed by atoms with Crippen molar-refractivity contribution in [2.75, 3.05) is 23.1 Å². The van der Waals surface area contributed by atoms with E-state index < -0.39 is 21.9 Å². The average molecular weight is 322 g/mol. The normalized spacial score (nSPS) is 23.4. The van der Waals surface area contributed by atoms with Crippen molar-refractivity contribution < 1.29 is 17.9 Å². The van der Waals surface area contributed by atoms with Crippen molar-refractivity contribution in [3.63, 3.8) is 0 Å².